The van der Waals surface area contributed by atoms with E-state index in [1.807, 2.05) is 12.1 Å². The maximum absolute atomic E-state index is 14.1. The second kappa shape index (κ2) is 11.1. The molecular formula is C33H42F2N6O. The zero-order chi connectivity index (χ0) is 29.8. The fourth-order valence-electron chi connectivity index (χ4n) is 7.63. The first kappa shape index (κ1) is 28.8. The number of guanidine groups is 1. The fraction of sp³-hybridized carbons (Fsp3) is 0.545. The molecule has 2 N–H and O–H groups in total. The van der Waals surface area contributed by atoms with Crippen molar-refractivity contribution >= 4 is 22.5 Å². The van der Waals surface area contributed by atoms with Crippen LogP contribution in [0.5, 0.6) is 0 Å². The topological polar surface area (TPSA) is 74.5 Å². The van der Waals surface area contributed by atoms with Gasteiger partial charge in [-0.2, -0.15) is 0 Å². The van der Waals surface area contributed by atoms with Crippen LogP contribution in [0.3, 0.4) is 0 Å². The first-order valence-corrected chi connectivity index (χ1v) is 15.3. The summed E-state index contributed by atoms with van der Waals surface area (Å²) in [6, 6.07) is 10.1. The van der Waals surface area contributed by atoms with Crippen LogP contribution < -0.4 is 16.2 Å². The summed E-state index contributed by atoms with van der Waals surface area (Å²) in [6.07, 6.45) is 4.20. The quantitative estimate of drug-likeness (QED) is 0.313. The highest BCUT2D eigenvalue weighted by molar-refractivity contribution is 5.96. The lowest BCUT2D eigenvalue weighted by Crippen LogP contribution is -2.59. The maximum Gasteiger partial charge on any atom is 0.261 e. The number of piperazine rings is 1. The van der Waals surface area contributed by atoms with Crippen molar-refractivity contribution in [2.75, 3.05) is 18.4 Å². The van der Waals surface area contributed by atoms with Gasteiger partial charge in [0.1, 0.15) is 11.6 Å². The first-order chi connectivity index (χ1) is 20.0. The summed E-state index contributed by atoms with van der Waals surface area (Å²) in [6.45, 7) is 13.6. The fourth-order valence-corrected chi connectivity index (χ4v) is 7.63. The Hall–Kier alpha value is -3.33. The number of hydrogen-bond donors (Lipinski definition) is 2. The van der Waals surface area contributed by atoms with Gasteiger partial charge < -0.3 is 15.5 Å². The van der Waals surface area contributed by atoms with E-state index >= 15 is 0 Å². The van der Waals surface area contributed by atoms with E-state index in [0.717, 1.165) is 43.1 Å². The van der Waals surface area contributed by atoms with Crippen LogP contribution in [0.25, 0.3) is 10.9 Å². The molecule has 224 valence electrons. The van der Waals surface area contributed by atoms with Crippen molar-refractivity contribution in [3.05, 3.63) is 70.3 Å². The second-order valence-corrected chi connectivity index (χ2v) is 13.4. The summed E-state index contributed by atoms with van der Waals surface area (Å²) < 4.78 is 28.8. The lowest BCUT2D eigenvalue weighted by Gasteiger charge is -2.61. The van der Waals surface area contributed by atoms with Crippen molar-refractivity contribution in [3.63, 3.8) is 0 Å². The highest BCUT2D eigenvalue weighted by atomic mass is 19.1. The molecule has 2 aromatic carbocycles. The SMILES string of the molecule is C[C@@H]1[C@@H](N=C(Nc2ccc3c(=O)n(CCc4ccc(F)cc4F)cnc3c2)N2C[C@H](C)N[C@@H](C)C2)C[C@@H]2C[C@H]1C2(C)C. The van der Waals surface area contributed by atoms with E-state index in [-0.39, 0.29) is 24.6 Å². The Labute approximate surface area is 246 Å². The molecule has 1 aromatic heterocycles. The zero-order valence-electron chi connectivity index (χ0n) is 25.2. The molecule has 3 aromatic rings. The number of hydrogen-bond acceptors (Lipinski definition) is 4. The summed E-state index contributed by atoms with van der Waals surface area (Å²) in [5.74, 6) is 1.62. The number of aliphatic imine (C=N–C) groups is 1. The Kier molecular flexibility index (Phi) is 7.58. The molecule has 6 atom stereocenters. The number of fused-ring (bicyclic) bond motifs is 3. The number of nitrogens with one attached hydrogen (secondary N) is 2. The molecule has 7 nitrogen and oxygen atoms in total. The van der Waals surface area contributed by atoms with Gasteiger partial charge in [0.15, 0.2) is 5.96 Å². The van der Waals surface area contributed by atoms with E-state index < -0.39 is 11.6 Å². The van der Waals surface area contributed by atoms with E-state index in [9.17, 15) is 13.6 Å². The van der Waals surface area contributed by atoms with Crippen LogP contribution >= 0.6 is 0 Å². The van der Waals surface area contributed by atoms with Crippen LogP contribution in [0.15, 0.2) is 52.5 Å². The molecule has 42 heavy (non-hydrogen) atoms. The third-order valence-corrected chi connectivity index (χ3v) is 10.2. The molecule has 3 aliphatic carbocycles. The Morgan fingerprint density at radius 1 is 1.10 bits per heavy atom. The summed E-state index contributed by atoms with van der Waals surface area (Å²) in [4.78, 5) is 25.5. The normalized spacial score (nSPS) is 28.9. The molecule has 9 heteroatoms. The van der Waals surface area contributed by atoms with E-state index in [1.165, 1.54) is 29.4 Å². The van der Waals surface area contributed by atoms with Crippen LogP contribution in [0.4, 0.5) is 14.5 Å². The third-order valence-electron chi connectivity index (χ3n) is 10.2. The lowest BCUT2D eigenvalue weighted by molar-refractivity contribution is -0.108. The van der Waals surface area contributed by atoms with E-state index in [0.29, 0.717) is 45.8 Å². The van der Waals surface area contributed by atoms with Gasteiger partial charge in [0.25, 0.3) is 5.56 Å². The van der Waals surface area contributed by atoms with Gasteiger partial charge >= 0.3 is 0 Å². The number of rotatable bonds is 5. The van der Waals surface area contributed by atoms with Gasteiger partial charge in [-0.1, -0.05) is 26.8 Å². The van der Waals surface area contributed by atoms with Gasteiger partial charge in [0, 0.05) is 43.5 Å². The molecule has 2 heterocycles. The molecule has 7 rings (SSSR count). The highest BCUT2D eigenvalue weighted by Gasteiger charge is 2.56. The van der Waals surface area contributed by atoms with E-state index in [1.54, 1.807) is 6.07 Å². The van der Waals surface area contributed by atoms with Crippen LogP contribution in [-0.4, -0.2) is 51.6 Å². The smallest absolute Gasteiger partial charge is 0.261 e. The van der Waals surface area contributed by atoms with Gasteiger partial charge in [-0.15, -0.1) is 0 Å². The van der Waals surface area contributed by atoms with Crippen LogP contribution in [0.2, 0.25) is 0 Å². The van der Waals surface area contributed by atoms with Gasteiger partial charge in [0.05, 0.1) is 23.3 Å². The maximum atomic E-state index is 14.1. The number of anilines is 1. The molecule has 4 fully saturated rings. The molecule has 0 spiro atoms. The van der Waals surface area contributed by atoms with Crippen LogP contribution in [-0.2, 0) is 13.0 Å². The van der Waals surface area contributed by atoms with Crippen LogP contribution in [0, 0.1) is 34.8 Å². The monoisotopic (exact) mass is 576 g/mol. The predicted molar refractivity (Wildman–Crippen MR) is 164 cm³/mol. The lowest BCUT2D eigenvalue weighted by atomic mass is 9.45. The van der Waals surface area contributed by atoms with Crippen molar-refractivity contribution < 1.29 is 8.78 Å². The molecule has 2 bridgehead atoms. The zero-order valence-corrected chi connectivity index (χ0v) is 25.2. The number of nitrogens with zero attached hydrogens (tertiary/aromatic N) is 4. The Morgan fingerprint density at radius 3 is 2.55 bits per heavy atom. The third kappa shape index (κ3) is 5.43. The second-order valence-electron chi connectivity index (χ2n) is 13.4. The summed E-state index contributed by atoms with van der Waals surface area (Å²) in [5.41, 5.74) is 2.00. The van der Waals surface area contributed by atoms with Crippen molar-refractivity contribution in [2.24, 2.45) is 28.2 Å². The van der Waals surface area contributed by atoms with Crippen molar-refractivity contribution in [1.29, 1.82) is 0 Å². The standard InChI is InChI=1S/C33H42F2N6O/c1-19-16-41(17-20(2)37-19)32(39-29-13-23-12-27(21(29)3)33(23,4)5)38-25-8-9-26-30(15-25)36-18-40(31(26)42)11-10-22-6-7-24(34)14-28(22)35/h6-9,14-15,18-21,23,27,29,37H,10-13,16-17H2,1-5H3,(H,38,39)/t19-,20-,21-,23-,27+,29-/m0/s1. The van der Waals surface area contributed by atoms with Crippen molar-refractivity contribution in [2.45, 2.75) is 78.6 Å². The molecule has 0 radical (unpaired) electrons. The number of benzene rings is 2. The number of aromatic nitrogens is 2. The summed E-state index contributed by atoms with van der Waals surface area (Å²) in [5, 5.41) is 7.73. The molecule has 0 unspecified atom stereocenters. The molecule has 1 aliphatic heterocycles. The van der Waals surface area contributed by atoms with Crippen molar-refractivity contribution in [1.82, 2.24) is 19.8 Å². The summed E-state index contributed by atoms with van der Waals surface area (Å²) >= 11 is 0. The van der Waals surface area contributed by atoms with Crippen molar-refractivity contribution in [3.8, 4) is 0 Å². The van der Waals surface area contributed by atoms with Gasteiger partial charge in [-0.25, -0.2) is 18.8 Å². The van der Waals surface area contributed by atoms with Crippen LogP contribution in [0.1, 0.15) is 53.0 Å². The molecule has 4 aliphatic rings. The highest BCUT2D eigenvalue weighted by Crippen LogP contribution is 2.61. The largest absolute Gasteiger partial charge is 0.340 e. The molecule has 1 saturated heterocycles. The number of aryl methyl sites for hydroxylation is 2. The average Bonchev–Trinajstić information content (AvgIpc) is 2.93. The Bertz CT molecular complexity index is 1560. The minimum Gasteiger partial charge on any atom is -0.340 e. The molecule has 3 saturated carbocycles. The minimum absolute atomic E-state index is 0.189. The Balaban J connectivity index is 1.24. The van der Waals surface area contributed by atoms with Gasteiger partial charge in [0.2, 0.25) is 0 Å². The molecular weight excluding hydrogens is 534 g/mol. The van der Waals surface area contributed by atoms with Gasteiger partial charge in [-0.3, -0.25) is 9.36 Å². The van der Waals surface area contributed by atoms with Gasteiger partial charge in [-0.05, 0) is 86.1 Å². The van der Waals surface area contributed by atoms with E-state index in [2.05, 4.69) is 55.1 Å². The molecule has 0 amide bonds. The predicted octanol–water partition coefficient (Wildman–Crippen LogP) is 5.44. The average molecular weight is 577 g/mol. The number of halogens is 2. The van der Waals surface area contributed by atoms with E-state index in [4.69, 9.17) is 4.99 Å². The minimum atomic E-state index is -0.617. The Morgan fingerprint density at radius 2 is 1.86 bits per heavy atom. The summed E-state index contributed by atoms with van der Waals surface area (Å²) in [7, 11) is 0. The first-order valence-electron chi connectivity index (χ1n) is 15.3.